The summed E-state index contributed by atoms with van der Waals surface area (Å²) in [6.07, 6.45) is 1.57. The van der Waals surface area contributed by atoms with Crippen LogP contribution in [0.1, 0.15) is 58.1 Å². The van der Waals surface area contributed by atoms with E-state index in [9.17, 15) is 19.2 Å². The molecule has 2 aromatic rings. The molecule has 2 aliphatic rings. The Morgan fingerprint density at radius 2 is 1.82 bits per heavy atom. The number of benzene rings is 1. The van der Waals surface area contributed by atoms with Gasteiger partial charge in [-0.2, -0.15) is 0 Å². The summed E-state index contributed by atoms with van der Waals surface area (Å²) in [6, 6.07) is 4.84. The second kappa shape index (κ2) is 9.25. The van der Waals surface area contributed by atoms with Gasteiger partial charge in [-0.3, -0.25) is 24.0 Å². The molecule has 3 heterocycles. The number of nitrogens with one attached hydrogen (secondary N) is 1. The summed E-state index contributed by atoms with van der Waals surface area (Å²) >= 11 is 0. The number of likely N-dealkylation sites (tertiary alicyclic amines) is 1. The Kier molecular flexibility index (Phi) is 6.53. The Labute approximate surface area is 197 Å². The Balaban J connectivity index is 1.46. The van der Waals surface area contributed by atoms with Gasteiger partial charge in [-0.15, -0.1) is 0 Å². The number of hydrogen-bond acceptors (Lipinski definition) is 6. The van der Waals surface area contributed by atoms with Crippen molar-refractivity contribution in [1.29, 1.82) is 0 Å². The number of carbonyl (C=O) groups excluding carboxylic acids is 3. The predicted molar refractivity (Wildman–Crippen MR) is 124 cm³/mol. The van der Waals surface area contributed by atoms with Gasteiger partial charge in [0, 0.05) is 32.1 Å². The van der Waals surface area contributed by atoms with E-state index in [0.29, 0.717) is 50.0 Å². The molecule has 184 valence electrons. The molecule has 2 aliphatic heterocycles. The number of hydrogen-bond donors (Lipinski definition) is 1. The number of imide groups is 1. The normalized spacial score (nSPS) is 20.0. The maximum Gasteiger partial charge on any atom is 0.410 e. The summed E-state index contributed by atoms with van der Waals surface area (Å²) < 4.78 is 14.6. The van der Waals surface area contributed by atoms with Crippen LogP contribution in [0.5, 0.6) is 0 Å². The summed E-state index contributed by atoms with van der Waals surface area (Å²) in [4.78, 5) is 51.0. The van der Waals surface area contributed by atoms with Gasteiger partial charge in [-0.25, -0.2) is 9.59 Å². The zero-order chi connectivity index (χ0) is 24.6. The van der Waals surface area contributed by atoms with Gasteiger partial charge in [0.05, 0.1) is 23.7 Å². The molecule has 0 spiro atoms. The molecule has 2 fully saturated rings. The van der Waals surface area contributed by atoms with Crippen molar-refractivity contribution >= 4 is 28.9 Å². The molecule has 0 aliphatic carbocycles. The lowest BCUT2D eigenvalue weighted by Gasteiger charge is -2.33. The van der Waals surface area contributed by atoms with Crippen LogP contribution in [0.25, 0.3) is 11.0 Å². The minimum Gasteiger partial charge on any atom is -0.444 e. The number of amides is 3. The van der Waals surface area contributed by atoms with Gasteiger partial charge in [0.15, 0.2) is 0 Å². The zero-order valence-electron chi connectivity index (χ0n) is 20.1. The fraction of sp³-hybridized carbons (Fsp3) is 0.583. The second-order valence-electron chi connectivity index (χ2n) is 9.94. The van der Waals surface area contributed by atoms with Gasteiger partial charge in [0.1, 0.15) is 11.6 Å². The van der Waals surface area contributed by atoms with Crippen LogP contribution in [0.4, 0.5) is 4.79 Å². The molecule has 1 unspecified atom stereocenters. The Bertz CT molecular complexity index is 1170. The lowest BCUT2D eigenvalue weighted by Crippen LogP contribution is -2.44. The van der Waals surface area contributed by atoms with E-state index in [-0.39, 0.29) is 30.2 Å². The van der Waals surface area contributed by atoms with Crippen molar-refractivity contribution in [2.45, 2.75) is 70.8 Å². The van der Waals surface area contributed by atoms with Crippen LogP contribution in [0.15, 0.2) is 23.0 Å². The average Bonchev–Trinajstić information content (AvgIpc) is 3.02. The van der Waals surface area contributed by atoms with Crippen LogP contribution in [-0.2, 0) is 32.7 Å². The van der Waals surface area contributed by atoms with Crippen molar-refractivity contribution in [2.24, 2.45) is 7.05 Å². The first-order valence-electron chi connectivity index (χ1n) is 11.7. The van der Waals surface area contributed by atoms with Gasteiger partial charge in [-0.05, 0) is 46.1 Å². The van der Waals surface area contributed by atoms with E-state index in [1.54, 1.807) is 11.9 Å². The number of nitrogens with zero attached hydrogens (tertiary/aromatic N) is 3. The third-order valence-electron chi connectivity index (χ3n) is 6.28. The number of aryl methyl sites for hydroxylation is 1. The molecule has 0 bridgehead atoms. The molecule has 0 radical (unpaired) electrons. The van der Waals surface area contributed by atoms with Gasteiger partial charge in [0.25, 0.3) is 0 Å². The zero-order valence-corrected chi connectivity index (χ0v) is 20.1. The van der Waals surface area contributed by atoms with Gasteiger partial charge in [0.2, 0.25) is 11.8 Å². The number of imidazole rings is 1. The van der Waals surface area contributed by atoms with E-state index in [1.807, 2.05) is 39.0 Å². The van der Waals surface area contributed by atoms with Crippen LogP contribution in [0.2, 0.25) is 0 Å². The highest BCUT2D eigenvalue weighted by Crippen LogP contribution is 2.26. The van der Waals surface area contributed by atoms with E-state index in [0.717, 1.165) is 5.56 Å². The van der Waals surface area contributed by atoms with Gasteiger partial charge < -0.3 is 14.4 Å². The number of piperidine rings is 2. The number of carbonyl (C=O) groups is 3. The van der Waals surface area contributed by atoms with Gasteiger partial charge in [-0.1, -0.05) is 12.1 Å². The molecule has 34 heavy (non-hydrogen) atoms. The van der Waals surface area contributed by atoms with E-state index in [4.69, 9.17) is 9.47 Å². The molecule has 4 rings (SSSR count). The van der Waals surface area contributed by atoms with Crippen molar-refractivity contribution in [2.75, 3.05) is 13.1 Å². The van der Waals surface area contributed by atoms with E-state index >= 15 is 0 Å². The molecule has 0 saturated carbocycles. The van der Waals surface area contributed by atoms with Crippen molar-refractivity contribution in [3.8, 4) is 0 Å². The van der Waals surface area contributed by atoms with Crippen LogP contribution in [0.3, 0.4) is 0 Å². The van der Waals surface area contributed by atoms with E-state index < -0.39 is 17.6 Å². The molecule has 10 heteroatoms. The lowest BCUT2D eigenvalue weighted by atomic mass is 10.1. The molecule has 10 nitrogen and oxygen atoms in total. The highest BCUT2D eigenvalue weighted by Gasteiger charge is 2.32. The Morgan fingerprint density at radius 1 is 1.12 bits per heavy atom. The molecular formula is C24H32N4O6. The second-order valence-corrected chi connectivity index (χ2v) is 9.94. The van der Waals surface area contributed by atoms with Crippen molar-refractivity contribution < 1.29 is 23.9 Å². The highest BCUT2D eigenvalue weighted by atomic mass is 16.6. The fourth-order valence-electron chi connectivity index (χ4n) is 4.61. The van der Waals surface area contributed by atoms with Crippen LogP contribution < -0.4 is 11.0 Å². The van der Waals surface area contributed by atoms with Crippen LogP contribution in [-0.4, -0.2) is 56.7 Å². The number of ether oxygens (including phenoxy) is 2. The number of rotatable bonds is 4. The van der Waals surface area contributed by atoms with Crippen molar-refractivity contribution in [3.63, 3.8) is 0 Å². The minimum atomic E-state index is -0.720. The smallest absolute Gasteiger partial charge is 0.410 e. The predicted octanol–water partition coefficient (Wildman–Crippen LogP) is 2.23. The third kappa shape index (κ3) is 4.86. The number of fused-ring (bicyclic) bond motifs is 1. The summed E-state index contributed by atoms with van der Waals surface area (Å²) in [5.74, 6) is -0.773. The molecule has 1 aromatic carbocycles. The monoisotopic (exact) mass is 472 g/mol. The highest BCUT2D eigenvalue weighted by molar-refractivity contribution is 6.00. The molecule has 3 amide bonds. The summed E-state index contributed by atoms with van der Waals surface area (Å²) in [7, 11) is 1.68. The van der Waals surface area contributed by atoms with Crippen LogP contribution in [0, 0.1) is 0 Å². The molecule has 1 aromatic heterocycles. The molecule has 1 N–H and O–H groups in total. The van der Waals surface area contributed by atoms with Gasteiger partial charge >= 0.3 is 11.8 Å². The van der Waals surface area contributed by atoms with Crippen molar-refractivity contribution in [1.82, 2.24) is 19.4 Å². The lowest BCUT2D eigenvalue weighted by molar-refractivity contribution is -0.135. The van der Waals surface area contributed by atoms with E-state index in [2.05, 4.69) is 5.32 Å². The summed E-state index contributed by atoms with van der Waals surface area (Å²) in [5, 5.41) is 2.33. The molecular weight excluding hydrogens is 440 g/mol. The number of aromatic nitrogens is 2. The first-order valence-corrected chi connectivity index (χ1v) is 11.7. The molecule has 2 saturated heterocycles. The standard InChI is InChI=1S/C24H32N4O6/c1-24(2,3)34-23(32)27-12-10-16(11-13-27)33-14-15-6-5-7-17-20(15)26(4)22(31)28(17)18-8-9-19(29)25-21(18)30/h5-7,16,18H,8-14H2,1-4H3,(H,25,29,30). The Hall–Kier alpha value is -3.14. The first kappa shape index (κ1) is 24.0. The maximum absolute atomic E-state index is 13.0. The maximum atomic E-state index is 13.0. The van der Waals surface area contributed by atoms with Crippen LogP contribution >= 0.6 is 0 Å². The topological polar surface area (TPSA) is 112 Å². The quantitative estimate of drug-likeness (QED) is 0.683. The SMILES string of the molecule is Cn1c(=O)n(C2CCC(=O)NC2=O)c2cccc(COC3CCN(C(=O)OC(C)(C)C)CC3)c21. The third-order valence-corrected chi connectivity index (χ3v) is 6.28. The van der Waals surface area contributed by atoms with E-state index in [1.165, 1.54) is 9.13 Å². The first-order chi connectivity index (χ1) is 16.0. The number of para-hydroxylation sites is 1. The average molecular weight is 473 g/mol. The fourth-order valence-corrected chi connectivity index (χ4v) is 4.61. The largest absolute Gasteiger partial charge is 0.444 e. The summed E-state index contributed by atoms with van der Waals surface area (Å²) in [6.45, 7) is 6.98. The Morgan fingerprint density at radius 3 is 2.47 bits per heavy atom. The molecule has 1 atom stereocenters. The van der Waals surface area contributed by atoms with Crippen molar-refractivity contribution in [3.05, 3.63) is 34.2 Å². The minimum absolute atomic E-state index is 0.0109. The summed E-state index contributed by atoms with van der Waals surface area (Å²) in [5.41, 5.74) is 1.37.